The Morgan fingerprint density at radius 1 is 1.55 bits per heavy atom. The fourth-order valence-corrected chi connectivity index (χ4v) is 5.21. The van der Waals surface area contributed by atoms with Gasteiger partial charge in [0.15, 0.2) is 0 Å². The molecule has 3 aliphatic rings. The monoisotopic (exact) mass is 206 g/mol. The summed E-state index contributed by atoms with van der Waals surface area (Å²) in [7, 11) is -0.407. The van der Waals surface area contributed by atoms with Crippen molar-refractivity contribution in [2.24, 2.45) is 0 Å². The maximum atomic E-state index is 10.8. The highest BCUT2D eigenvalue weighted by Crippen LogP contribution is 2.56. The van der Waals surface area contributed by atoms with Gasteiger partial charge in [0.2, 0.25) is 0 Å². The van der Waals surface area contributed by atoms with Crippen molar-refractivity contribution in [2.75, 3.05) is 11.5 Å². The van der Waals surface area contributed by atoms with Gasteiger partial charge in [-0.15, -0.1) is 0 Å². The third kappa shape index (κ3) is 1.49. The number of thioether (sulfide) groups is 2. The quantitative estimate of drug-likeness (QED) is 0.644. The smallest absolute Gasteiger partial charge is 0.0474 e. The standard InChI is InChI=1S/C7H10OS3/c8-11-3-4(11)1-5-7(10-5)6-2-9-6/h4-7H,1-3H2. The Morgan fingerprint density at radius 3 is 2.82 bits per heavy atom. The van der Waals surface area contributed by atoms with Crippen LogP contribution >= 0.6 is 23.5 Å². The molecule has 5 unspecified atom stereocenters. The second kappa shape index (κ2) is 2.42. The van der Waals surface area contributed by atoms with Crippen LogP contribution in [0.2, 0.25) is 0 Å². The first-order valence-electron chi connectivity index (χ1n) is 3.99. The van der Waals surface area contributed by atoms with Gasteiger partial charge in [0.25, 0.3) is 0 Å². The van der Waals surface area contributed by atoms with Gasteiger partial charge in [-0.2, -0.15) is 23.5 Å². The topological polar surface area (TPSA) is 17.1 Å². The van der Waals surface area contributed by atoms with E-state index in [2.05, 4.69) is 23.5 Å². The van der Waals surface area contributed by atoms with Crippen LogP contribution in [0.25, 0.3) is 0 Å². The minimum Gasteiger partial charge on any atom is -0.259 e. The van der Waals surface area contributed by atoms with Crippen LogP contribution in [0.15, 0.2) is 0 Å². The first kappa shape index (κ1) is 7.27. The van der Waals surface area contributed by atoms with E-state index in [1.54, 1.807) is 0 Å². The van der Waals surface area contributed by atoms with Crippen molar-refractivity contribution in [3.63, 3.8) is 0 Å². The molecule has 0 aromatic carbocycles. The lowest BCUT2D eigenvalue weighted by molar-refractivity contribution is 0.691. The molecule has 4 heteroatoms. The van der Waals surface area contributed by atoms with E-state index in [9.17, 15) is 4.21 Å². The predicted octanol–water partition coefficient (Wildman–Crippen LogP) is 1.11. The van der Waals surface area contributed by atoms with Gasteiger partial charge in [-0.25, -0.2) is 0 Å². The van der Waals surface area contributed by atoms with Crippen LogP contribution in [0.3, 0.4) is 0 Å². The molecular weight excluding hydrogens is 196 g/mol. The maximum absolute atomic E-state index is 10.8. The van der Waals surface area contributed by atoms with E-state index in [1.807, 2.05) is 0 Å². The Hall–Kier alpha value is 0.850. The lowest BCUT2D eigenvalue weighted by Gasteiger charge is -1.88. The third-order valence-corrected chi connectivity index (χ3v) is 6.53. The van der Waals surface area contributed by atoms with E-state index in [4.69, 9.17) is 0 Å². The van der Waals surface area contributed by atoms with E-state index < -0.39 is 10.8 Å². The largest absolute Gasteiger partial charge is 0.259 e. The molecule has 1 nitrogen and oxygen atoms in total. The molecule has 62 valence electrons. The van der Waals surface area contributed by atoms with Gasteiger partial charge in [-0.3, -0.25) is 4.21 Å². The lowest BCUT2D eigenvalue weighted by atomic mass is 10.2. The summed E-state index contributed by atoms with van der Waals surface area (Å²) in [5.41, 5.74) is 0. The Balaban J connectivity index is 1.48. The average molecular weight is 206 g/mol. The summed E-state index contributed by atoms with van der Waals surface area (Å²) < 4.78 is 10.8. The van der Waals surface area contributed by atoms with Gasteiger partial charge in [0, 0.05) is 43.3 Å². The van der Waals surface area contributed by atoms with Crippen molar-refractivity contribution in [3.05, 3.63) is 0 Å². The van der Waals surface area contributed by atoms with E-state index >= 15 is 0 Å². The first-order valence-corrected chi connectivity index (χ1v) is 7.36. The zero-order valence-corrected chi connectivity index (χ0v) is 8.51. The molecule has 3 aliphatic heterocycles. The van der Waals surface area contributed by atoms with Gasteiger partial charge in [-0.05, 0) is 6.42 Å². The highest BCUT2D eigenvalue weighted by Gasteiger charge is 2.52. The first-order chi connectivity index (χ1) is 5.34. The number of hydrogen-bond acceptors (Lipinski definition) is 3. The molecule has 0 aromatic heterocycles. The molecule has 0 radical (unpaired) electrons. The SMILES string of the molecule is O=S1CC1CC1SC1C1CS1. The summed E-state index contributed by atoms with van der Waals surface area (Å²) >= 11 is 4.22. The summed E-state index contributed by atoms with van der Waals surface area (Å²) in [6.07, 6.45) is 1.25. The fraction of sp³-hybridized carbons (Fsp3) is 1.00. The zero-order chi connectivity index (χ0) is 7.42. The molecule has 0 spiro atoms. The molecule has 3 heterocycles. The van der Waals surface area contributed by atoms with Crippen molar-refractivity contribution in [1.29, 1.82) is 0 Å². The molecule has 3 saturated heterocycles. The molecule has 0 N–H and O–H groups in total. The summed E-state index contributed by atoms with van der Waals surface area (Å²) in [4.78, 5) is 0. The highest BCUT2D eigenvalue weighted by molar-refractivity contribution is 8.12. The van der Waals surface area contributed by atoms with E-state index in [0.29, 0.717) is 5.25 Å². The molecule has 0 aromatic rings. The summed E-state index contributed by atoms with van der Waals surface area (Å²) in [5, 5.41) is 3.43. The van der Waals surface area contributed by atoms with Gasteiger partial charge in [-0.1, -0.05) is 0 Å². The minimum absolute atomic E-state index is 0.407. The zero-order valence-electron chi connectivity index (χ0n) is 6.06. The molecule has 0 aliphatic carbocycles. The molecule has 11 heavy (non-hydrogen) atoms. The van der Waals surface area contributed by atoms with Crippen LogP contribution < -0.4 is 0 Å². The average Bonchev–Trinajstić information content (AvgIpc) is 2.72. The van der Waals surface area contributed by atoms with Crippen molar-refractivity contribution in [2.45, 2.75) is 27.4 Å². The minimum atomic E-state index is -0.407. The molecule has 0 amide bonds. The molecule has 0 saturated carbocycles. The van der Waals surface area contributed by atoms with Crippen LogP contribution in [0, 0.1) is 0 Å². The second-order valence-corrected chi connectivity index (χ2v) is 7.87. The maximum Gasteiger partial charge on any atom is 0.0474 e. The van der Waals surface area contributed by atoms with Crippen molar-refractivity contribution in [3.8, 4) is 0 Å². The second-order valence-electron chi connectivity index (χ2n) is 3.42. The Labute approximate surface area is 77.5 Å². The summed E-state index contributed by atoms with van der Waals surface area (Å²) in [5.74, 6) is 2.39. The fourth-order valence-electron chi connectivity index (χ4n) is 1.50. The predicted molar refractivity (Wildman–Crippen MR) is 52.8 cm³/mol. The van der Waals surface area contributed by atoms with Gasteiger partial charge >= 0.3 is 0 Å². The van der Waals surface area contributed by atoms with Gasteiger partial charge in [0.1, 0.15) is 0 Å². The molecule has 5 atom stereocenters. The Kier molecular flexibility index (Phi) is 1.60. The van der Waals surface area contributed by atoms with Crippen LogP contribution in [-0.4, -0.2) is 36.7 Å². The highest BCUT2D eigenvalue weighted by atomic mass is 32.2. The molecule has 3 rings (SSSR count). The van der Waals surface area contributed by atoms with Crippen LogP contribution in [-0.2, 0) is 10.8 Å². The molecule has 0 bridgehead atoms. The normalized spacial score (nSPS) is 59.1. The summed E-state index contributed by atoms with van der Waals surface area (Å²) in [6, 6.07) is 0. The lowest BCUT2D eigenvalue weighted by Crippen LogP contribution is -2.03. The van der Waals surface area contributed by atoms with E-state index in [0.717, 1.165) is 21.5 Å². The van der Waals surface area contributed by atoms with Gasteiger partial charge < -0.3 is 0 Å². The van der Waals surface area contributed by atoms with E-state index in [-0.39, 0.29) is 0 Å². The number of rotatable bonds is 3. The van der Waals surface area contributed by atoms with Crippen LogP contribution in [0.4, 0.5) is 0 Å². The van der Waals surface area contributed by atoms with Crippen molar-refractivity contribution >= 4 is 34.3 Å². The molecular formula is C7H10OS3. The van der Waals surface area contributed by atoms with Gasteiger partial charge in [0.05, 0.1) is 0 Å². The number of hydrogen-bond donors (Lipinski definition) is 0. The van der Waals surface area contributed by atoms with Crippen LogP contribution in [0.1, 0.15) is 6.42 Å². The molecule has 3 fully saturated rings. The van der Waals surface area contributed by atoms with Crippen LogP contribution in [0.5, 0.6) is 0 Å². The Morgan fingerprint density at radius 2 is 2.27 bits per heavy atom. The third-order valence-electron chi connectivity index (χ3n) is 2.45. The van der Waals surface area contributed by atoms with E-state index in [1.165, 1.54) is 12.2 Å². The Bertz CT molecular complexity index is 214. The van der Waals surface area contributed by atoms with Crippen molar-refractivity contribution < 1.29 is 4.21 Å². The van der Waals surface area contributed by atoms with Crippen molar-refractivity contribution in [1.82, 2.24) is 0 Å². The summed E-state index contributed by atoms with van der Waals surface area (Å²) in [6.45, 7) is 0.